The first kappa shape index (κ1) is 14.7. The van der Waals surface area contributed by atoms with E-state index < -0.39 is 0 Å². The lowest BCUT2D eigenvalue weighted by molar-refractivity contribution is 0.0970. The second kappa shape index (κ2) is 5.43. The number of fused-ring (bicyclic) bond motifs is 1. The number of carbonyl (C=O) groups is 1. The van der Waals surface area contributed by atoms with Crippen molar-refractivity contribution in [2.75, 3.05) is 18.6 Å². The van der Waals surface area contributed by atoms with Crippen molar-refractivity contribution in [3.8, 4) is 0 Å². The standard InChI is InChI=1S/C22H20N2O/c1-23(19-13-12-15-6-2-3-9-17(15)19)14-24-20-11-5-8-16-7-4-10-18(21(16)20)22(24)25/h2-11,19H,12-14H2,1H3/t19-/m0/s1. The molecule has 0 saturated heterocycles. The van der Waals surface area contributed by atoms with Gasteiger partial charge >= 0.3 is 0 Å². The monoisotopic (exact) mass is 328 g/mol. The SMILES string of the molecule is CN(CN1C(=O)c2cccc3cccc1c23)[C@H]1CCc2ccccc21. The molecule has 1 amide bonds. The van der Waals surface area contributed by atoms with Gasteiger partial charge in [-0.2, -0.15) is 0 Å². The molecule has 124 valence electrons. The van der Waals surface area contributed by atoms with Crippen LogP contribution in [0, 0.1) is 0 Å². The van der Waals surface area contributed by atoms with Crippen LogP contribution in [0.4, 0.5) is 5.69 Å². The van der Waals surface area contributed by atoms with Crippen molar-refractivity contribution in [3.05, 3.63) is 77.4 Å². The molecule has 3 aromatic carbocycles. The number of hydrogen-bond donors (Lipinski definition) is 0. The van der Waals surface area contributed by atoms with E-state index in [0.29, 0.717) is 12.7 Å². The maximum Gasteiger partial charge on any atom is 0.260 e. The number of hydrogen-bond acceptors (Lipinski definition) is 2. The molecule has 0 unspecified atom stereocenters. The second-order valence-corrected chi connectivity index (χ2v) is 7.07. The van der Waals surface area contributed by atoms with Crippen LogP contribution >= 0.6 is 0 Å². The summed E-state index contributed by atoms with van der Waals surface area (Å²) < 4.78 is 0. The molecule has 5 rings (SSSR count). The third-order valence-corrected chi connectivity index (χ3v) is 5.65. The fourth-order valence-corrected chi connectivity index (χ4v) is 4.43. The van der Waals surface area contributed by atoms with E-state index in [1.54, 1.807) is 0 Å². The molecule has 0 fully saturated rings. The highest BCUT2D eigenvalue weighted by Crippen LogP contribution is 2.39. The number of aryl methyl sites for hydroxylation is 1. The van der Waals surface area contributed by atoms with Crippen molar-refractivity contribution < 1.29 is 4.79 Å². The summed E-state index contributed by atoms with van der Waals surface area (Å²) in [6.07, 6.45) is 2.24. The predicted molar refractivity (Wildman–Crippen MR) is 101 cm³/mol. The number of nitrogens with zero attached hydrogens (tertiary/aromatic N) is 2. The molecule has 0 N–H and O–H groups in total. The highest BCUT2D eigenvalue weighted by atomic mass is 16.2. The lowest BCUT2D eigenvalue weighted by atomic mass is 10.1. The third-order valence-electron chi connectivity index (χ3n) is 5.65. The van der Waals surface area contributed by atoms with Gasteiger partial charge in [0.15, 0.2) is 0 Å². The Labute approximate surface area is 147 Å². The molecular formula is C22H20N2O. The van der Waals surface area contributed by atoms with Crippen LogP contribution in [0.25, 0.3) is 10.8 Å². The van der Waals surface area contributed by atoms with Crippen LogP contribution in [0.5, 0.6) is 0 Å². The van der Waals surface area contributed by atoms with E-state index in [1.165, 1.54) is 11.1 Å². The summed E-state index contributed by atoms with van der Waals surface area (Å²) in [6.45, 7) is 0.617. The average Bonchev–Trinajstić information content (AvgIpc) is 3.19. The number of amides is 1. The Morgan fingerprint density at radius 1 is 1.04 bits per heavy atom. The Kier molecular flexibility index (Phi) is 3.19. The van der Waals surface area contributed by atoms with Gasteiger partial charge < -0.3 is 0 Å². The molecule has 3 nitrogen and oxygen atoms in total. The molecule has 1 aliphatic heterocycles. The minimum Gasteiger partial charge on any atom is -0.294 e. The maximum atomic E-state index is 13.0. The Morgan fingerprint density at radius 2 is 1.84 bits per heavy atom. The molecule has 1 atom stereocenters. The summed E-state index contributed by atoms with van der Waals surface area (Å²) in [4.78, 5) is 17.2. The quantitative estimate of drug-likeness (QED) is 0.712. The number of anilines is 1. The molecule has 3 heteroatoms. The van der Waals surface area contributed by atoms with Gasteiger partial charge in [-0.05, 0) is 48.5 Å². The molecule has 25 heavy (non-hydrogen) atoms. The van der Waals surface area contributed by atoms with Gasteiger partial charge in [0, 0.05) is 17.0 Å². The zero-order valence-corrected chi connectivity index (χ0v) is 14.3. The lowest BCUT2D eigenvalue weighted by Gasteiger charge is -2.30. The van der Waals surface area contributed by atoms with E-state index in [-0.39, 0.29) is 5.91 Å². The zero-order chi connectivity index (χ0) is 17.0. The van der Waals surface area contributed by atoms with Crippen LogP contribution in [-0.2, 0) is 6.42 Å². The minimum absolute atomic E-state index is 0.116. The second-order valence-electron chi connectivity index (χ2n) is 7.07. The molecule has 0 aromatic heterocycles. The predicted octanol–water partition coefficient (Wildman–Crippen LogP) is 4.38. The first-order valence-electron chi connectivity index (χ1n) is 8.86. The molecule has 0 radical (unpaired) electrons. The van der Waals surface area contributed by atoms with Gasteiger partial charge in [-0.25, -0.2) is 0 Å². The van der Waals surface area contributed by atoms with Gasteiger partial charge in [0.2, 0.25) is 0 Å². The Balaban J connectivity index is 1.48. The van der Waals surface area contributed by atoms with Crippen molar-refractivity contribution >= 4 is 22.4 Å². The van der Waals surface area contributed by atoms with Crippen molar-refractivity contribution in [1.82, 2.24) is 4.90 Å². The van der Waals surface area contributed by atoms with Crippen molar-refractivity contribution in [1.29, 1.82) is 0 Å². The largest absolute Gasteiger partial charge is 0.294 e. The molecule has 1 heterocycles. The summed E-state index contributed by atoms with van der Waals surface area (Å²) in [5.41, 5.74) is 4.72. The van der Waals surface area contributed by atoms with Crippen molar-refractivity contribution in [2.24, 2.45) is 0 Å². The van der Waals surface area contributed by atoms with Gasteiger partial charge in [-0.1, -0.05) is 48.5 Å². The number of benzene rings is 3. The van der Waals surface area contributed by atoms with Gasteiger partial charge in [0.05, 0.1) is 12.4 Å². The molecule has 2 aliphatic rings. The summed E-state index contributed by atoms with van der Waals surface area (Å²) in [6, 6.07) is 21.2. The molecule has 0 spiro atoms. The minimum atomic E-state index is 0.116. The Bertz CT molecular complexity index is 989. The van der Waals surface area contributed by atoms with Crippen LogP contribution in [0.15, 0.2) is 60.7 Å². The fraction of sp³-hybridized carbons (Fsp3) is 0.227. The van der Waals surface area contributed by atoms with Crippen LogP contribution in [0.1, 0.15) is 33.9 Å². The topological polar surface area (TPSA) is 23.6 Å². The molecule has 0 bridgehead atoms. The van der Waals surface area contributed by atoms with Gasteiger partial charge in [0.1, 0.15) is 0 Å². The maximum absolute atomic E-state index is 13.0. The van der Waals surface area contributed by atoms with Gasteiger partial charge in [-0.15, -0.1) is 0 Å². The summed E-state index contributed by atoms with van der Waals surface area (Å²) in [5.74, 6) is 0.116. The molecular weight excluding hydrogens is 308 g/mol. The van der Waals surface area contributed by atoms with Gasteiger partial charge in [0.25, 0.3) is 5.91 Å². The van der Waals surface area contributed by atoms with E-state index in [0.717, 1.165) is 34.9 Å². The molecule has 1 aliphatic carbocycles. The van der Waals surface area contributed by atoms with Crippen LogP contribution in [0.3, 0.4) is 0 Å². The summed E-state index contributed by atoms with van der Waals surface area (Å²) in [7, 11) is 2.13. The number of rotatable bonds is 3. The normalized spacial score (nSPS) is 18.4. The van der Waals surface area contributed by atoms with Crippen molar-refractivity contribution in [2.45, 2.75) is 18.9 Å². The lowest BCUT2D eigenvalue weighted by Crippen LogP contribution is -2.39. The van der Waals surface area contributed by atoms with Crippen LogP contribution in [0.2, 0.25) is 0 Å². The van der Waals surface area contributed by atoms with E-state index in [4.69, 9.17) is 0 Å². The number of carbonyl (C=O) groups excluding carboxylic acids is 1. The van der Waals surface area contributed by atoms with Crippen LogP contribution < -0.4 is 4.90 Å². The smallest absolute Gasteiger partial charge is 0.260 e. The Hall–Kier alpha value is -2.65. The average molecular weight is 328 g/mol. The van der Waals surface area contributed by atoms with E-state index in [2.05, 4.69) is 54.4 Å². The first-order valence-corrected chi connectivity index (χ1v) is 8.86. The zero-order valence-electron chi connectivity index (χ0n) is 14.3. The van der Waals surface area contributed by atoms with Crippen molar-refractivity contribution in [3.63, 3.8) is 0 Å². The van der Waals surface area contributed by atoms with Crippen LogP contribution in [-0.4, -0.2) is 24.5 Å². The van der Waals surface area contributed by atoms with Gasteiger partial charge in [-0.3, -0.25) is 14.6 Å². The fourth-order valence-electron chi connectivity index (χ4n) is 4.43. The molecule has 3 aromatic rings. The summed E-state index contributed by atoms with van der Waals surface area (Å²) in [5, 5.41) is 2.23. The first-order chi connectivity index (χ1) is 12.2. The van der Waals surface area contributed by atoms with E-state index in [9.17, 15) is 4.79 Å². The highest BCUT2D eigenvalue weighted by molar-refractivity contribution is 6.24. The van der Waals surface area contributed by atoms with E-state index in [1.807, 2.05) is 23.1 Å². The molecule has 0 saturated carbocycles. The third kappa shape index (κ3) is 2.12. The summed E-state index contributed by atoms with van der Waals surface area (Å²) >= 11 is 0. The Morgan fingerprint density at radius 3 is 2.72 bits per heavy atom. The highest BCUT2D eigenvalue weighted by Gasteiger charge is 2.33. The van der Waals surface area contributed by atoms with E-state index >= 15 is 0 Å².